The van der Waals surface area contributed by atoms with E-state index in [-0.39, 0.29) is 22.8 Å². The molecule has 2 aromatic carbocycles. The zero-order chi connectivity index (χ0) is 23.6. The fourth-order valence-electron chi connectivity index (χ4n) is 2.95. The monoisotopic (exact) mass is 457 g/mol. The van der Waals surface area contributed by atoms with Gasteiger partial charge in [-0.25, -0.2) is 18.0 Å². The lowest BCUT2D eigenvalue weighted by Crippen LogP contribution is -2.38. The molecule has 0 N–H and O–H groups in total. The van der Waals surface area contributed by atoms with Crippen LogP contribution in [-0.4, -0.2) is 30.6 Å². The van der Waals surface area contributed by atoms with Gasteiger partial charge in [0.15, 0.2) is 0 Å². The smallest absolute Gasteiger partial charge is 0.338 e. The summed E-state index contributed by atoms with van der Waals surface area (Å²) in [6.45, 7) is 1.61. The Bertz CT molecular complexity index is 1370. The molecule has 1 heterocycles. The van der Waals surface area contributed by atoms with Gasteiger partial charge in [0, 0.05) is 27.2 Å². The minimum Gasteiger partial charge on any atom is -0.456 e. The molecule has 3 aromatic rings. The molecule has 0 atom stereocenters. The van der Waals surface area contributed by atoms with Crippen LogP contribution in [0.25, 0.3) is 0 Å². The van der Waals surface area contributed by atoms with Gasteiger partial charge in [0.1, 0.15) is 6.61 Å². The van der Waals surface area contributed by atoms with E-state index in [0.29, 0.717) is 5.69 Å². The Morgan fingerprint density at radius 1 is 0.969 bits per heavy atom. The molecule has 0 spiro atoms. The summed E-state index contributed by atoms with van der Waals surface area (Å²) in [5.41, 5.74) is 0.754. The van der Waals surface area contributed by atoms with Gasteiger partial charge < -0.3 is 4.74 Å². The third-order valence-corrected chi connectivity index (χ3v) is 6.92. The van der Waals surface area contributed by atoms with Crippen molar-refractivity contribution in [3.05, 3.63) is 92.3 Å². The highest BCUT2D eigenvalue weighted by Crippen LogP contribution is 2.23. The molecule has 0 bridgehead atoms. The van der Waals surface area contributed by atoms with Gasteiger partial charge in [0.25, 0.3) is 15.6 Å². The van der Waals surface area contributed by atoms with Crippen LogP contribution in [0, 0.1) is 6.92 Å². The Morgan fingerprint density at radius 2 is 1.56 bits per heavy atom. The zero-order valence-electron chi connectivity index (χ0n) is 18.1. The van der Waals surface area contributed by atoms with Gasteiger partial charge in [-0.2, -0.15) is 0 Å². The van der Waals surface area contributed by atoms with E-state index >= 15 is 0 Å². The maximum absolute atomic E-state index is 12.8. The highest BCUT2D eigenvalue weighted by Gasteiger charge is 2.21. The number of benzene rings is 2. The van der Waals surface area contributed by atoms with Crippen LogP contribution in [0.1, 0.15) is 21.6 Å². The van der Waals surface area contributed by atoms with Crippen molar-refractivity contribution in [2.75, 3.05) is 11.4 Å². The van der Waals surface area contributed by atoms with Crippen molar-refractivity contribution in [1.82, 2.24) is 9.13 Å². The SMILES string of the molecule is Cc1ccc(S(=O)(=O)N(C)c2ccc(C(=O)OCc3cc(=O)n(C)c(=O)n3C)cc2)cc1. The van der Waals surface area contributed by atoms with E-state index in [0.717, 1.165) is 14.4 Å². The highest BCUT2D eigenvalue weighted by molar-refractivity contribution is 7.92. The van der Waals surface area contributed by atoms with Crippen LogP contribution >= 0.6 is 0 Å². The van der Waals surface area contributed by atoms with Gasteiger partial charge in [-0.15, -0.1) is 0 Å². The first-order chi connectivity index (χ1) is 15.0. The lowest BCUT2D eigenvalue weighted by molar-refractivity contribution is 0.0462. The van der Waals surface area contributed by atoms with Crippen LogP contribution in [0.4, 0.5) is 5.69 Å². The Morgan fingerprint density at radius 3 is 2.16 bits per heavy atom. The molecule has 0 unspecified atom stereocenters. The molecule has 0 aliphatic rings. The van der Waals surface area contributed by atoms with Gasteiger partial charge in [-0.3, -0.25) is 18.2 Å². The average Bonchev–Trinajstić information content (AvgIpc) is 2.78. The van der Waals surface area contributed by atoms with Gasteiger partial charge in [-0.05, 0) is 43.3 Å². The van der Waals surface area contributed by atoms with Crippen molar-refractivity contribution in [2.24, 2.45) is 14.1 Å². The lowest BCUT2D eigenvalue weighted by Gasteiger charge is -2.20. The van der Waals surface area contributed by atoms with Crippen LogP contribution in [0.15, 0.2) is 69.1 Å². The molecule has 0 fully saturated rings. The number of sulfonamides is 1. The number of hydrogen-bond donors (Lipinski definition) is 0. The molecule has 0 amide bonds. The summed E-state index contributed by atoms with van der Waals surface area (Å²) in [6.07, 6.45) is 0. The van der Waals surface area contributed by atoms with Crippen molar-refractivity contribution in [2.45, 2.75) is 18.4 Å². The van der Waals surface area contributed by atoms with Crippen LogP contribution in [0.5, 0.6) is 0 Å². The average molecular weight is 458 g/mol. The first kappa shape index (κ1) is 23.0. The number of hydrogen-bond acceptors (Lipinski definition) is 6. The summed E-state index contributed by atoms with van der Waals surface area (Å²) in [5, 5.41) is 0. The number of anilines is 1. The van der Waals surface area contributed by atoms with Crippen LogP contribution in [0.3, 0.4) is 0 Å². The number of carbonyl (C=O) groups is 1. The second-order valence-electron chi connectivity index (χ2n) is 7.28. The van der Waals surface area contributed by atoms with E-state index < -0.39 is 27.2 Å². The maximum atomic E-state index is 12.8. The second kappa shape index (κ2) is 8.83. The molecule has 0 aliphatic carbocycles. The van der Waals surface area contributed by atoms with Crippen LogP contribution in [0.2, 0.25) is 0 Å². The third-order valence-electron chi connectivity index (χ3n) is 5.12. The molecule has 3 rings (SSSR count). The minimum absolute atomic E-state index is 0.161. The molecule has 32 heavy (non-hydrogen) atoms. The molecular formula is C22H23N3O6S. The number of carbonyl (C=O) groups excluding carboxylic acids is 1. The van der Waals surface area contributed by atoms with Crippen molar-refractivity contribution >= 4 is 21.7 Å². The number of ether oxygens (including phenoxy) is 1. The summed E-state index contributed by atoms with van der Waals surface area (Å²) < 4.78 is 34.1. The molecule has 168 valence electrons. The highest BCUT2D eigenvalue weighted by atomic mass is 32.2. The van der Waals surface area contributed by atoms with Gasteiger partial charge in [0.05, 0.1) is 21.8 Å². The first-order valence-electron chi connectivity index (χ1n) is 9.61. The first-order valence-corrected chi connectivity index (χ1v) is 11.0. The minimum atomic E-state index is -3.75. The number of aromatic nitrogens is 2. The Kier molecular flexibility index (Phi) is 6.35. The maximum Gasteiger partial charge on any atom is 0.338 e. The number of aryl methyl sites for hydroxylation is 1. The van der Waals surface area contributed by atoms with E-state index in [9.17, 15) is 22.8 Å². The predicted molar refractivity (Wildman–Crippen MR) is 119 cm³/mol. The molecule has 9 nitrogen and oxygen atoms in total. The molecule has 0 aliphatic heterocycles. The van der Waals surface area contributed by atoms with Gasteiger partial charge in [-0.1, -0.05) is 17.7 Å². The summed E-state index contributed by atoms with van der Waals surface area (Å²) in [7, 11) is 0.514. The molecule has 0 radical (unpaired) electrons. The Balaban J connectivity index is 1.74. The van der Waals surface area contributed by atoms with Crippen molar-refractivity contribution in [3.8, 4) is 0 Å². The van der Waals surface area contributed by atoms with Crippen molar-refractivity contribution < 1.29 is 17.9 Å². The third kappa shape index (κ3) is 4.50. The van der Waals surface area contributed by atoms with Crippen molar-refractivity contribution in [3.63, 3.8) is 0 Å². The molecule has 0 saturated heterocycles. The summed E-state index contributed by atoms with van der Waals surface area (Å²) >= 11 is 0. The predicted octanol–water partition coefficient (Wildman–Crippen LogP) is 1.57. The van der Waals surface area contributed by atoms with E-state index in [4.69, 9.17) is 4.74 Å². The molecule has 0 saturated carbocycles. The van der Waals surface area contributed by atoms with Gasteiger partial charge >= 0.3 is 11.7 Å². The van der Waals surface area contributed by atoms with Crippen molar-refractivity contribution in [1.29, 1.82) is 0 Å². The molecule has 10 heteroatoms. The quantitative estimate of drug-likeness (QED) is 0.520. The number of nitrogens with zero attached hydrogens (tertiary/aromatic N) is 3. The fourth-order valence-corrected chi connectivity index (χ4v) is 4.15. The van der Waals surface area contributed by atoms with Crippen LogP contribution < -0.4 is 15.6 Å². The number of esters is 1. The summed E-state index contributed by atoms with van der Waals surface area (Å²) in [5.74, 6) is -0.672. The standard InChI is InChI=1S/C22H23N3O6S/c1-15-5-11-19(12-6-15)32(29,30)25(4)17-9-7-16(8-10-17)21(27)31-14-18-13-20(26)24(3)22(28)23(18)2/h5-13H,14H2,1-4H3. The van der Waals surface area contributed by atoms with E-state index in [2.05, 4.69) is 0 Å². The largest absolute Gasteiger partial charge is 0.456 e. The second-order valence-corrected chi connectivity index (χ2v) is 9.25. The van der Waals surface area contributed by atoms with Crippen LogP contribution in [-0.2, 0) is 35.5 Å². The Hall–Kier alpha value is -3.66. The lowest BCUT2D eigenvalue weighted by atomic mass is 10.2. The normalized spacial score (nSPS) is 11.2. The van der Waals surface area contributed by atoms with Gasteiger partial charge in [0.2, 0.25) is 0 Å². The van der Waals surface area contributed by atoms with E-state index in [1.165, 1.54) is 68.2 Å². The fraction of sp³-hybridized carbons (Fsp3) is 0.227. The number of rotatable bonds is 6. The van der Waals surface area contributed by atoms with E-state index in [1.54, 1.807) is 12.1 Å². The molecule has 1 aromatic heterocycles. The van der Waals surface area contributed by atoms with E-state index in [1.807, 2.05) is 6.92 Å². The summed E-state index contributed by atoms with van der Waals surface area (Å²) in [4.78, 5) is 36.3. The topological polar surface area (TPSA) is 108 Å². The summed E-state index contributed by atoms with van der Waals surface area (Å²) in [6, 6.07) is 13.6. The zero-order valence-corrected chi connectivity index (χ0v) is 18.9. The molecular weight excluding hydrogens is 434 g/mol. The Labute approximate surface area is 185 Å².